The molecule has 0 aliphatic rings. The van der Waals surface area contributed by atoms with Crippen LogP contribution in [0.15, 0.2) is 29.3 Å². The van der Waals surface area contributed by atoms with E-state index in [1.54, 1.807) is 12.1 Å². The summed E-state index contributed by atoms with van der Waals surface area (Å²) >= 11 is 0. The fourth-order valence-corrected chi connectivity index (χ4v) is 2.24. The van der Waals surface area contributed by atoms with Gasteiger partial charge in [0.2, 0.25) is 5.91 Å². The average Bonchev–Trinajstić information content (AvgIpc) is 2.50. The van der Waals surface area contributed by atoms with E-state index in [4.69, 9.17) is 0 Å². The van der Waals surface area contributed by atoms with Crippen molar-refractivity contribution in [1.82, 2.24) is 14.9 Å². The Morgan fingerprint density at radius 1 is 1.45 bits per heavy atom. The van der Waals surface area contributed by atoms with Gasteiger partial charge in [-0.25, -0.2) is 4.98 Å². The van der Waals surface area contributed by atoms with Gasteiger partial charge in [0, 0.05) is 6.54 Å². The Labute approximate surface area is 128 Å². The molecule has 0 aliphatic heterocycles. The van der Waals surface area contributed by atoms with Crippen molar-refractivity contribution >= 4 is 16.8 Å². The van der Waals surface area contributed by atoms with Gasteiger partial charge < -0.3 is 10.4 Å². The van der Waals surface area contributed by atoms with E-state index in [2.05, 4.69) is 10.3 Å². The molecule has 1 atom stereocenters. The summed E-state index contributed by atoms with van der Waals surface area (Å²) in [5, 5.41) is 12.6. The van der Waals surface area contributed by atoms with E-state index >= 15 is 0 Å². The van der Waals surface area contributed by atoms with Crippen LogP contribution in [0.3, 0.4) is 0 Å². The van der Waals surface area contributed by atoms with Crippen molar-refractivity contribution in [3.8, 4) is 0 Å². The highest BCUT2D eigenvalue weighted by Gasteiger charge is 2.09. The lowest BCUT2D eigenvalue weighted by Gasteiger charge is -2.10. The molecule has 2 N–H and O–H groups in total. The van der Waals surface area contributed by atoms with E-state index < -0.39 is 6.10 Å². The second kappa shape index (κ2) is 7.17. The first-order valence-electron chi connectivity index (χ1n) is 7.42. The van der Waals surface area contributed by atoms with Crippen LogP contribution in [-0.2, 0) is 11.3 Å². The second-order valence-corrected chi connectivity index (χ2v) is 5.35. The summed E-state index contributed by atoms with van der Waals surface area (Å²) in [6, 6.07) is 5.41. The molecule has 1 heterocycles. The van der Waals surface area contributed by atoms with Crippen LogP contribution in [0, 0.1) is 6.92 Å². The van der Waals surface area contributed by atoms with E-state index in [0.717, 1.165) is 5.56 Å². The maximum Gasteiger partial charge on any atom is 0.261 e. The number of nitrogens with one attached hydrogen (secondary N) is 1. The highest BCUT2D eigenvalue weighted by atomic mass is 16.3. The van der Waals surface area contributed by atoms with Crippen LogP contribution in [0.25, 0.3) is 10.9 Å². The Morgan fingerprint density at radius 3 is 2.95 bits per heavy atom. The van der Waals surface area contributed by atoms with Gasteiger partial charge in [-0.3, -0.25) is 14.2 Å². The first-order chi connectivity index (χ1) is 10.5. The van der Waals surface area contributed by atoms with Crippen molar-refractivity contribution in [3.05, 3.63) is 40.4 Å². The lowest BCUT2D eigenvalue weighted by molar-refractivity contribution is -0.121. The lowest BCUT2D eigenvalue weighted by Crippen LogP contribution is -2.34. The molecular formula is C16H21N3O3. The van der Waals surface area contributed by atoms with E-state index in [1.807, 2.05) is 19.9 Å². The quantitative estimate of drug-likeness (QED) is 0.833. The molecule has 2 aromatic rings. The van der Waals surface area contributed by atoms with Crippen LogP contribution in [0.5, 0.6) is 0 Å². The van der Waals surface area contributed by atoms with Gasteiger partial charge in [0.15, 0.2) is 0 Å². The molecule has 2 rings (SSSR count). The molecule has 1 aromatic heterocycles. The fraction of sp³-hybridized carbons (Fsp3) is 0.438. The number of benzene rings is 1. The fourth-order valence-electron chi connectivity index (χ4n) is 2.24. The number of fused-ring (bicyclic) bond motifs is 1. The molecule has 0 saturated heterocycles. The summed E-state index contributed by atoms with van der Waals surface area (Å²) in [4.78, 5) is 28.5. The third-order valence-electron chi connectivity index (χ3n) is 3.64. The number of aromatic nitrogens is 2. The minimum Gasteiger partial charge on any atom is -0.393 e. The van der Waals surface area contributed by atoms with Crippen molar-refractivity contribution in [3.63, 3.8) is 0 Å². The van der Waals surface area contributed by atoms with Gasteiger partial charge in [-0.1, -0.05) is 19.1 Å². The van der Waals surface area contributed by atoms with Crippen molar-refractivity contribution in [1.29, 1.82) is 0 Å². The van der Waals surface area contributed by atoms with E-state index in [0.29, 0.717) is 30.3 Å². The van der Waals surface area contributed by atoms with Crippen LogP contribution in [0.1, 0.15) is 25.3 Å². The van der Waals surface area contributed by atoms with Crippen molar-refractivity contribution in [2.45, 2.75) is 39.3 Å². The van der Waals surface area contributed by atoms with Gasteiger partial charge in [-0.15, -0.1) is 0 Å². The number of para-hydroxylation sites is 1. The molecule has 1 amide bonds. The van der Waals surface area contributed by atoms with Gasteiger partial charge in [0.1, 0.15) is 6.54 Å². The molecule has 22 heavy (non-hydrogen) atoms. The minimum atomic E-state index is -0.409. The Bertz CT molecular complexity index is 724. The van der Waals surface area contributed by atoms with E-state index in [1.165, 1.54) is 10.9 Å². The van der Waals surface area contributed by atoms with Crippen LogP contribution >= 0.6 is 0 Å². The third kappa shape index (κ3) is 3.71. The molecule has 1 unspecified atom stereocenters. The summed E-state index contributed by atoms with van der Waals surface area (Å²) in [6.45, 7) is 4.10. The van der Waals surface area contributed by atoms with Crippen LogP contribution in [-0.4, -0.2) is 33.2 Å². The molecule has 0 radical (unpaired) electrons. The molecular weight excluding hydrogens is 282 g/mol. The SMILES string of the molecule is CCC(O)CCNC(=O)Cn1cnc2c(C)cccc2c1=O. The maximum absolute atomic E-state index is 12.3. The molecule has 0 spiro atoms. The van der Waals surface area contributed by atoms with E-state index in [9.17, 15) is 14.7 Å². The number of nitrogens with zero attached hydrogens (tertiary/aromatic N) is 2. The number of carbonyl (C=O) groups excluding carboxylic acids is 1. The largest absolute Gasteiger partial charge is 0.393 e. The predicted octanol–water partition coefficient (Wildman–Crippen LogP) is 0.982. The molecule has 1 aromatic carbocycles. The number of rotatable bonds is 6. The molecule has 0 saturated carbocycles. The maximum atomic E-state index is 12.3. The second-order valence-electron chi connectivity index (χ2n) is 5.35. The van der Waals surface area contributed by atoms with Gasteiger partial charge in [0.25, 0.3) is 5.56 Å². The Hall–Kier alpha value is -2.21. The zero-order valence-corrected chi connectivity index (χ0v) is 12.9. The standard InChI is InChI=1S/C16H21N3O3/c1-3-12(20)7-8-17-14(21)9-19-10-18-15-11(2)5-4-6-13(15)16(19)22/h4-6,10,12,20H,3,7-9H2,1-2H3,(H,17,21). The Kier molecular flexibility index (Phi) is 5.27. The van der Waals surface area contributed by atoms with Gasteiger partial charge >= 0.3 is 0 Å². The molecule has 0 aliphatic carbocycles. The minimum absolute atomic E-state index is 0.0715. The normalized spacial score (nSPS) is 12.3. The van der Waals surface area contributed by atoms with E-state index in [-0.39, 0.29) is 18.0 Å². The number of aryl methyl sites for hydroxylation is 1. The Morgan fingerprint density at radius 2 is 2.23 bits per heavy atom. The summed E-state index contributed by atoms with van der Waals surface area (Å²) in [6.07, 6.45) is 2.15. The highest BCUT2D eigenvalue weighted by Crippen LogP contribution is 2.10. The molecule has 0 fully saturated rings. The van der Waals surface area contributed by atoms with Crippen LogP contribution < -0.4 is 10.9 Å². The van der Waals surface area contributed by atoms with Crippen LogP contribution in [0.2, 0.25) is 0 Å². The summed E-state index contributed by atoms with van der Waals surface area (Å²) in [5.41, 5.74) is 1.37. The first-order valence-corrected chi connectivity index (χ1v) is 7.42. The smallest absolute Gasteiger partial charge is 0.261 e. The number of hydrogen-bond acceptors (Lipinski definition) is 4. The zero-order chi connectivity index (χ0) is 16.1. The third-order valence-corrected chi connectivity index (χ3v) is 3.64. The number of amides is 1. The van der Waals surface area contributed by atoms with Crippen molar-refractivity contribution in [2.75, 3.05) is 6.54 Å². The average molecular weight is 303 g/mol. The lowest BCUT2D eigenvalue weighted by atomic mass is 10.1. The summed E-state index contributed by atoms with van der Waals surface area (Å²) in [7, 11) is 0. The first kappa shape index (κ1) is 16.2. The predicted molar refractivity (Wildman–Crippen MR) is 84.7 cm³/mol. The monoisotopic (exact) mass is 303 g/mol. The molecule has 0 bridgehead atoms. The number of carbonyl (C=O) groups is 1. The Balaban J connectivity index is 2.07. The molecule has 118 valence electrons. The highest BCUT2D eigenvalue weighted by molar-refractivity contribution is 5.81. The van der Waals surface area contributed by atoms with Gasteiger partial charge in [0.05, 0.1) is 23.3 Å². The summed E-state index contributed by atoms with van der Waals surface area (Å²) in [5.74, 6) is -0.265. The molecule has 6 nitrogen and oxygen atoms in total. The number of hydrogen-bond donors (Lipinski definition) is 2. The summed E-state index contributed by atoms with van der Waals surface area (Å²) < 4.78 is 1.30. The molecule has 6 heteroatoms. The van der Waals surface area contributed by atoms with Gasteiger partial charge in [-0.2, -0.15) is 0 Å². The number of aliphatic hydroxyl groups is 1. The van der Waals surface area contributed by atoms with Crippen LogP contribution in [0.4, 0.5) is 0 Å². The van der Waals surface area contributed by atoms with Gasteiger partial charge in [-0.05, 0) is 31.4 Å². The van der Waals surface area contributed by atoms with Crippen molar-refractivity contribution < 1.29 is 9.90 Å². The topological polar surface area (TPSA) is 84.2 Å². The van der Waals surface area contributed by atoms with Crippen molar-refractivity contribution in [2.24, 2.45) is 0 Å². The zero-order valence-electron chi connectivity index (χ0n) is 12.9. The number of aliphatic hydroxyl groups excluding tert-OH is 1.